The van der Waals surface area contributed by atoms with E-state index < -0.39 is 0 Å². The van der Waals surface area contributed by atoms with E-state index >= 15 is 0 Å². The van der Waals surface area contributed by atoms with Gasteiger partial charge in [-0.1, -0.05) is 23.7 Å². The van der Waals surface area contributed by atoms with E-state index in [1.165, 1.54) is 0 Å². The van der Waals surface area contributed by atoms with E-state index in [4.69, 9.17) is 21.2 Å². The van der Waals surface area contributed by atoms with Crippen LogP contribution in [0.15, 0.2) is 48.8 Å². The first kappa shape index (κ1) is 19.5. The van der Waals surface area contributed by atoms with Crippen molar-refractivity contribution in [3.63, 3.8) is 0 Å². The molecule has 2 amide bonds. The van der Waals surface area contributed by atoms with Crippen LogP contribution in [0.5, 0.6) is 5.75 Å². The lowest BCUT2D eigenvalue weighted by atomic mass is 10.1. The fraction of sp³-hybridized carbons (Fsp3) is 0.333. The zero-order valence-electron chi connectivity index (χ0n) is 16.2. The van der Waals surface area contributed by atoms with Crippen LogP contribution >= 0.6 is 11.6 Å². The fourth-order valence-corrected chi connectivity index (χ4v) is 3.77. The summed E-state index contributed by atoms with van der Waals surface area (Å²) in [5.74, 6) is 0.811. The number of urea groups is 1. The number of piperidine rings is 1. The molecule has 2 aromatic heterocycles. The second kappa shape index (κ2) is 8.71. The molecule has 1 aliphatic rings. The van der Waals surface area contributed by atoms with Crippen LogP contribution in [0.25, 0.3) is 16.8 Å². The lowest BCUT2D eigenvalue weighted by Gasteiger charge is -2.32. The number of fused-ring (bicyclic) bond motifs is 1. The van der Waals surface area contributed by atoms with Gasteiger partial charge in [0.25, 0.3) is 0 Å². The Balaban J connectivity index is 1.36. The lowest BCUT2D eigenvalue weighted by Crippen LogP contribution is -2.46. The minimum Gasteiger partial charge on any atom is -0.490 e. The smallest absolute Gasteiger partial charge is 0.341 e. The molecule has 0 saturated carbocycles. The molecule has 1 N–H and O–H groups in total. The summed E-state index contributed by atoms with van der Waals surface area (Å²) < 4.78 is 7.96. The van der Waals surface area contributed by atoms with Crippen molar-refractivity contribution < 1.29 is 14.4 Å². The first-order chi connectivity index (χ1) is 14.2. The maximum absolute atomic E-state index is 11.9. The van der Waals surface area contributed by atoms with E-state index in [2.05, 4.69) is 10.5 Å². The van der Waals surface area contributed by atoms with Crippen LogP contribution in [0.4, 0.5) is 4.79 Å². The van der Waals surface area contributed by atoms with Crippen LogP contribution in [0, 0.1) is 0 Å². The molecule has 7 nitrogen and oxygen atoms in total. The molecule has 0 aliphatic carbocycles. The van der Waals surface area contributed by atoms with Gasteiger partial charge >= 0.3 is 6.03 Å². The predicted molar refractivity (Wildman–Crippen MR) is 111 cm³/mol. The third-order valence-electron chi connectivity index (χ3n) is 5.00. The summed E-state index contributed by atoms with van der Waals surface area (Å²) in [6.45, 7) is 3.56. The number of hydroxylamine groups is 1. The number of ether oxygens (including phenoxy) is 1. The van der Waals surface area contributed by atoms with Gasteiger partial charge in [-0.3, -0.25) is 9.24 Å². The molecule has 4 rings (SSSR count). The molecular weight excluding hydrogens is 392 g/mol. The highest BCUT2D eigenvalue weighted by Crippen LogP contribution is 2.30. The summed E-state index contributed by atoms with van der Waals surface area (Å²) in [4.78, 5) is 22.9. The molecule has 29 heavy (non-hydrogen) atoms. The topological polar surface area (TPSA) is 68.1 Å². The molecule has 0 spiro atoms. The van der Waals surface area contributed by atoms with Crippen LogP contribution in [0.3, 0.4) is 0 Å². The lowest BCUT2D eigenvalue weighted by molar-refractivity contribution is 0.0446. The van der Waals surface area contributed by atoms with Crippen molar-refractivity contribution in [3.05, 3.63) is 53.9 Å². The number of halogens is 1. The number of carbonyl (C=O) groups excluding carboxylic acids is 1. The Morgan fingerprint density at radius 3 is 2.69 bits per heavy atom. The zero-order chi connectivity index (χ0) is 20.2. The minimum atomic E-state index is -0.193. The number of carbonyl (C=O) groups is 1. The van der Waals surface area contributed by atoms with Gasteiger partial charge in [0.2, 0.25) is 0 Å². The normalized spacial score (nSPS) is 14.9. The maximum atomic E-state index is 11.9. The highest BCUT2D eigenvalue weighted by Gasteiger charge is 2.24. The SMILES string of the molecule is CCONC(=O)N1CCC(Oc2ccc(-c3ccc4nccn4c3Cl)cc2)CC1. The third-order valence-corrected chi connectivity index (χ3v) is 5.39. The van der Waals surface area contributed by atoms with E-state index in [0.717, 1.165) is 35.4 Å². The average molecular weight is 415 g/mol. The Hall–Kier alpha value is -2.77. The molecular formula is C21H23ClN4O3. The summed E-state index contributed by atoms with van der Waals surface area (Å²) in [7, 11) is 0. The van der Waals surface area contributed by atoms with E-state index in [1.807, 2.05) is 53.9 Å². The number of rotatable bonds is 5. The fourth-order valence-electron chi connectivity index (χ4n) is 3.46. The van der Waals surface area contributed by atoms with Gasteiger partial charge in [-0.25, -0.2) is 15.3 Å². The van der Waals surface area contributed by atoms with Gasteiger partial charge < -0.3 is 9.64 Å². The van der Waals surface area contributed by atoms with Crippen molar-refractivity contribution in [2.75, 3.05) is 19.7 Å². The number of likely N-dealkylation sites (tertiary alicyclic amines) is 1. The Morgan fingerprint density at radius 2 is 1.97 bits per heavy atom. The largest absolute Gasteiger partial charge is 0.490 e. The van der Waals surface area contributed by atoms with E-state index in [-0.39, 0.29) is 12.1 Å². The van der Waals surface area contributed by atoms with Crippen LogP contribution in [0.1, 0.15) is 19.8 Å². The third kappa shape index (κ3) is 4.31. The summed E-state index contributed by atoms with van der Waals surface area (Å²) in [5, 5.41) is 0.631. The van der Waals surface area contributed by atoms with Crippen molar-refractivity contribution in [1.29, 1.82) is 0 Å². The number of hydrogen-bond acceptors (Lipinski definition) is 4. The van der Waals surface area contributed by atoms with Crippen molar-refractivity contribution in [2.45, 2.75) is 25.9 Å². The zero-order valence-corrected chi connectivity index (χ0v) is 16.9. The van der Waals surface area contributed by atoms with Crippen LogP contribution in [-0.2, 0) is 4.84 Å². The van der Waals surface area contributed by atoms with Gasteiger partial charge in [-0.2, -0.15) is 0 Å². The van der Waals surface area contributed by atoms with Gasteiger partial charge in [-0.05, 0) is 36.8 Å². The summed E-state index contributed by atoms with van der Waals surface area (Å²) in [6, 6.07) is 11.6. The number of benzene rings is 1. The first-order valence-electron chi connectivity index (χ1n) is 9.71. The molecule has 1 saturated heterocycles. The summed E-state index contributed by atoms with van der Waals surface area (Å²) in [5.41, 5.74) is 5.21. The highest BCUT2D eigenvalue weighted by atomic mass is 35.5. The average Bonchev–Trinajstić information content (AvgIpc) is 3.23. The summed E-state index contributed by atoms with van der Waals surface area (Å²) in [6.07, 6.45) is 5.23. The maximum Gasteiger partial charge on any atom is 0.341 e. The predicted octanol–water partition coefficient (Wildman–Crippen LogP) is 4.16. The number of pyridine rings is 1. The molecule has 0 atom stereocenters. The van der Waals surface area contributed by atoms with E-state index in [0.29, 0.717) is 24.8 Å². The van der Waals surface area contributed by atoms with Crippen molar-refractivity contribution in [3.8, 4) is 16.9 Å². The summed E-state index contributed by atoms with van der Waals surface area (Å²) >= 11 is 6.53. The number of amides is 2. The molecule has 152 valence electrons. The molecule has 3 aromatic rings. The van der Waals surface area contributed by atoms with Crippen LogP contribution in [0.2, 0.25) is 5.15 Å². The molecule has 1 aromatic carbocycles. The Bertz CT molecular complexity index is 981. The standard InChI is InChI=1S/C21H23ClN4O3/c1-2-28-24-21(27)25-12-9-17(10-13-25)29-16-5-3-15(4-6-16)18-7-8-19-23-11-14-26(19)20(18)22/h3-8,11,14,17H,2,9-10,12-13H2,1H3,(H,24,27). The second-order valence-corrected chi connectivity index (χ2v) is 7.22. The highest BCUT2D eigenvalue weighted by molar-refractivity contribution is 6.32. The van der Waals surface area contributed by atoms with Crippen molar-refractivity contribution in [1.82, 2.24) is 19.8 Å². The number of aromatic nitrogens is 2. The number of nitrogens with one attached hydrogen (secondary N) is 1. The molecule has 0 bridgehead atoms. The molecule has 1 fully saturated rings. The number of nitrogens with zero attached hydrogens (tertiary/aromatic N) is 3. The first-order valence-corrected chi connectivity index (χ1v) is 10.1. The van der Waals surface area contributed by atoms with Gasteiger partial charge in [0.05, 0.1) is 6.61 Å². The number of hydrogen-bond donors (Lipinski definition) is 1. The molecule has 8 heteroatoms. The molecule has 0 unspecified atom stereocenters. The van der Waals surface area contributed by atoms with Crippen molar-refractivity contribution in [2.24, 2.45) is 0 Å². The minimum absolute atomic E-state index is 0.0860. The van der Waals surface area contributed by atoms with Crippen LogP contribution < -0.4 is 10.2 Å². The van der Waals surface area contributed by atoms with E-state index in [1.54, 1.807) is 11.1 Å². The van der Waals surface area contributed by atoms with Crippen LogP contribution in [-0.4, -0.2) is 46.1 Å². The van der Waals surface area contributed by atoms with E-state index in [9.17, 15) is 4.79 Å². The Kier molecular flexibility index (Phi) is 5.87. The molecule has 0 radical (unpaired) electrons. The van der Waals surface area contributed by atoms with Gasteiger partial charge in [-0.15, -0.1) is 0 Å². The molecule has 1 aliphatic heterocycles. The Labute approximate surface area is 174 Å². The molecule has 3 heterocycles. The second-order valence-electron chi connectivity index (χ2n) is 6.86. The monoisotopic (exact) mass is 414 g/mol. The number of imidazole rings is 1. The van der Waals surface area contributed by atoms with Gasteiger partial charge in [0, 0.05) is 43.9 Å². The quantitative estimate of drug-likeness (QED) is 0.502. The Morgan fingerprint density at radius 1 is 1.21 bits per heavy atom. The van der Waals surface area contributed by atoms with Crippen molar-refractivity contribution >= 4 is 23.3 Å². The van der Waals surface area contributed by atoms with Gasteiger partial charge in [0.15, 0.2) is 0 Å². The van der Waals surface area contributed by atoms with Gasteiger partial charge in [0.1, 0.15) is 22.7 Å².